The summed E-state index contributed by atoms with van der Waals surface area (Å²) in [4.78, 5) is 4.29. The summed E-state index contributed by atoms with van der Waals surface area (Å²) in [7, 11) is 0. The summed E-state index contributed by atoms with van der Waals surface area (Å²) in [5, 5.41) is 37.8. The predicted octanol–water partition coefficient (Wildman–Crippen LogP) is 2.32. The number of aromatic amines is 1. The fourth-order valence-corrected chi connectivity index (χ4v) is 3.16. The second kappa shape index (κ2) is 8.16. The number of allylic oxidation sites excluding steroid dienone is 1. The van der Waals surface area contributed by atoms with E-state index in [0.717, 1.165) is 16.7 Å². The molecule has 3 aromatic rings. The molecule has 1 unspecified atom stereocenters. The largest absolute Gasteiger partial charge is 0.388 e. The molecule has 4 rings (SSSR count). The van der Waals surface area contributed by atoms with Crippen molar-refractivity contribution in [2.75, 3.05) is 0 Å². The van der Waals surface area contributed by atoms with Crippen LogP contribution in [0.4, 0.5) is 0 Å². The van der Waals surface area contributed by atoms with Gasteiger partial charge in [0.1, 0.15) is 6.54 Å². The topological polar surface area (TPSA) is 124 Å². The molecule has 0 saturated carbocycles. The van der Waals surface area contributed by atoms with Crippen molar-refractivity contribution in [1.82, 2.24) is 25.3 Å². The van der Waals surface area contributed by atoms with E-state index in [2.05, 4.69) is 25.4 Å². The highest BCUT2D eigenvalue weighted by atomic mass is 35.5. The number of hydrogen-bond acceptors (Lipinski definition) is 8. The first-order valence-corrected chi connectivity index (χ1v) is 9.32. The molecule has 0 fully saturated rings. The number of hydrazone groups is 1. The van der Waals surface area contributed by atoms with Gasteiger partial charge in [0.05, 0.1) is 18.5 Å². The van der Waals surface area contributed by atoms with Gasteiger partial charge in [0.15, 0.2) is 12.1 Å². The van der Waals surface area contributed by atoms with E-state index >= 15 is 0 Å². The third kappa shape index (κ3) is 4.21. The third-order valence-electron chi connectivity index (χ3n) is 4.68. The van der Waals surface area contributed by atoms with E-state index in [9.17, 15) is 10.2 Å². The number of aliphatic hydroxyl groups excluding tert-OH is 2. The number of halogens is 1. The normalized spacial score (nSPS) is 17.8. The molecule has 2 aromatic heterocycles. The van der Waals surface area contributed by atoms with Crippen molar-refractivity contribution in [3.63, 3.8) is 0 Å². The van der Waals surface area contributed by atoms with Gasteiger partial charge in [-0.3, -0.25) is 10.1 Å². The van der Waals surface area contributed by atoms with Crippen LogP contribution in [0.25, 0.3) is 5.57 Å². The highest BCUT2D eigenvalue weighted by molar-refractivity contribution is 6.30. The minimum absolute atomic E-state index is 0.137. The smallest absolute Gasteiger partial charge is 0.248 e. The summed E-state index contributed by atoms with van der Waals surface area (Å²) in [6, 6.07) is 6.93. The number of benzene rings is 1. The molecule has 0 radical (unpaired) electrons. The maximum absolute atomic E-state index is 10.6. The molecule has 10 heteroatoms. The molecule has 1 aliphatic heterocycles. The summed E-state index contributed by atoms with van der Waals surface area (Å²) < 4.78 is 5.25. The first kappa shape index (κ1) is 19.3. The van der Waals surface area contributed by atoms with Crippen LogP contribution in [0.5, 0.6) is 0 Å². The van der Waals surface area contributed by atoms with Crippen LogP contribution in [0.2, 0.25) is 5.02 Å². The molecule has 0 spiro atoms. The maximum atomic E-state index is 10.6. The molecule has 1 aliphatic rings. The highest BCUT2D eigenvalue weighted by Crippen LogP contribution is 2.25. The Morgan fingerprint density at radius 1 is 1.31 bits per heavy atom. The van der Waals surface area contributed by atoms with Crippen molar-refractivity contribution in [1.29, 1.82) is 0 Å². The van der Waals surface area contributed by atoms with E-state index < -0.39 is 12.3 Å². The average molecular weight is 415 g/mol. The van der Waals surface area contributed by atoms with E-state index in [1.807, 2.05) is 6.92 Å². The van der Waals surface area contributed by atoms with Crippen molar-refractivity contribution < 1.29 is 14.7 Å². The Bertz CT molecular complexity index is 1030. The average Bonchev–Trinajstić information content (AvgIpc) is 3.38. The van der Waals surface area contributed by atoms with Gasteiger partial charge in [-0.1, -0.05) is 28.9 Å². The van der Waals surface area contributed by atoms with E-state index in [-0.39, 0.29) is 13.0 Å². The van der Waals surface area contributed by atoms with Crippen LogP contribution in [0.15, 0.2) is 51.9 Å². The van der Waals surface area contributed by atoms with Crippen LogP contribution in [-0.4, -0.2) is 48.0 Å². The summed E-state index contributed by atoms with van der Waals surface area (Å²) in [6.45, 7) is 1.96. The molecule has 3 N–H and O–H groups in total. The fraction of sp³-hybridized carbons (Fsp3) is 0.263. The Balaban J connectivity index is 1.41. The minimum atomic E-state index is -0.931. The number of aliphatic hydroxyl groups is 2. The van der Waals surface area contributed by atoms with Crippen molar-refractivity contribution >= 4 is 23.4 Å². The van der Waals surface area contributed by atoms with Crippen LogP contribution in [0.3, 0.4) is 0 Å². The van der Waals surface area contributed by atoms with Gasteiger partial charge in [-0.15, -0.1) is 0 Å². The minimum Gasteiger partial charge on any atom is -0.388 e. The standard InChI is InChI=1S/C19H19ClN6O3/c1-11-15(13-7-21-22-8-13)9-23-26(19(11)28)10-18-24-17(25-29-18)6-16(27)12-2-4-14(20)5-3-12/h2-5,7-9,16,19,27-28H,6,10H2,1H3,(H,21,22)/t16-,19?/m0/s1. The lowest BCUT2D eigenvalue weighted by Gasteiger charge is -2.28. The molecular weight excluding hydrogens is 396 g/mol. The van der Waals surface area contributed by atoms with Crippen molar-refractivity contribution in [3.8, 4) is 0 Å². The van der Waals surface area contributed by atoms with E-state index in [0.29, 0.717) is 22.3 Å². The zero-order valence-corrected chi connectivity index (χ0v) is 16.3. The van der Waals surface area contributed by atoms with Gasteiger partial charge in [0.25, 0.3) is 0 Å². The predicted molar refractivity (Wildman–Crippen MR) is 106 cm³/mol. The second-order valence-electron chi connectivity index (χ2n) is 6.68. The summed E-state index contributed by atoms with van der Waals surface area (Å²) >= 11 is 5.87. The third-order valence-corrected chi connectivity index (χ3v) is 4.93. The van der Waals surface area contributed by atoms with Gasteiger partial charge < -0.3 is 14.7 Å². The van der Waals surface area contributed by atoms with E-state index in [4.69, 9.17) is 16.1 Å². The Hall–Kier alpha value is -3.01. The van der Waals surface area contributed by atoms with Crippen LogP contribution >= 0.6 is 11.6 Å². The molecule has 29 heavy (non-hydrogen) atoms. The van der Waals surface area contributed by atoms with Crippen LogP contribution in [0, 0.1) is 0 Å². The van der Waals surface area contributed by atoms with Crippen LogP contribution < -0.4 is 0 Å². The number of H-pyrrole nitrogens is 1. The molecule has 0 bridgehead atoms. The lowest BCUT2D eigenvalue weighted by Crippen LogP contribution is -2.34. The zero-order valence-electron chi connectivity index (χ0n) is 15.5. The number of aromatic nitrogens is 4. The summed E-state index contributed by atoms with van der Waals surface area (Å²) in [5.74, 6) is 0.656. The first-order chi connectivity index (χ1) is 14.0. The highest BCUT2D eigenvalue weighted by Gasteiger charge is 2.25. The first-order valence-electron chi connectivity index (χ1n) is 8.95. The molecule has 9 nitrogen and oxygen atoms in total. The molecule has 2 atom stereocenters. The van der Waals surface area contributed by atoms with E-state index in [1.165, 1.54) is 5.01 Å². The Morgan fingerprint density at radius 3 is 2.83 bits per heavy atom. The number of nitrogens with one attached hydrogen (secondary N) is 1. The number of rotatable bonds is 6. The Kier molecular flexibility index (Phi) is 5.43. The van der Waals surface area contributed by atoms with Crippen molar-refractivity contribution in [2.45, 2.75) is 32.2 Å². The number of nitrogens with zero attached hydrogens (tertiary/aromatic N) is 5. The summed E-state index contributed by atoms with van der Waals surface area (Å²) in [6.07, 6.45) is 3.56. The van der Waals surface area contributed by atoms with Gasteiger partial charge >= 0.3 is 0 Å². The van der Waals surface area contributed by atoms with Gasteiger partial charge in [-0.2, -0.15) is 15.2 Å². The fourth-order valence-electron chi connectivity index (χ4n) is 3.04. The van der Waals surface area contributed by atoms with Gasteiger partial charge in [0, 0.05) is 28.8 Å². The molecular formula is C19H19ClN6O3. The molecule has 3 heterocycles. The molecule has 0 saturated heterocycles. The van der Waals surface area contributed by atoms with Gasteiger partial charge in [-0.05, 0) is 30.2 Å². The Morgan fingerprint density at radius 2 is 2.10 bits per heavy atom. The SMILES string of the molecule is CC1=C(c2cn[nH]c2)C=NN(Cc2nc(C[C@H](O)c3ccc(Cl)cc3)no2)C1O. The molecule has 1 aromatic carbocycles. The lowest BCUT2D eigenvalue weighted by atomic mass is 10.0. The maximum Gasteiger partial charge on any atom is 0.248 e. The lowest BCUT2D eigenvalue weighted by molar-refractivity contribution is 0.0208. The van der Waals surface area contributed by atoms with Crippen molar-refractivity contribution in [3.05, 3.63) is 70.1 Å². The van der Waals surface area contributed by atoms with E-state index in [1.54, 1.807) is 42.9 Å². The second-order valence-corrected chi connectivity index (χ2v) is 7.11. The molecule has 0 amide bonds. The van der Waals surface area contributed by atoms with Gasteiger partial charge in [-0.25, -0.2) is 0 Å². The molecule has 0 aliphatic carbocycles. The molecule has 150 valence electrons. The quantitative estimate of drug-likeness (QED) is 0.565. The van der Waals surface area contributed by atoms with Gasteiger partial charge in [0.2, 0.25) is 5.89 Å². The monoisotopic (exact) mass is 414 g/mol. The van der Waals surface area contributed by atoms with Crippen LogP contribution in [-0.2, 0) is 13.0 Å². The summed E-state index contributed by atoms with van der Waals surface area (Å²) in [5.41, 5.74) is 3.10. The van der Waals surface area contributed by atoms with Crippen LogP contribution in [0.1, 0.15) is 35.9 Å². The number of hydrogen-bond donors (Lipinski definition) is 3. The Labute approximate surface area is 171 Å². The zero-order chi connectivity index (χ0) is 20.4. The van der Waals surface area contributed by atoms with Crippen molar-refractivity contribution in [2.24, 2.45) is 5.10 Å².